The van der Waals surface area contributed by atoms with Crippen LogP contribution in [0.2, 0.25) is 0 Å². The van der Waals surface area contributed by atoms with Crippen LogP contribution >= 0.6 is 11.3 Å². The highest BCUT2D eigenvalue weighted by Gasteiger charge is 2.36. The third-order valence-electron chi connectivity index (χ3n) is 4.53. The zero-order valence-electron chi connectivity index (χ0n) is 16.6. The highest BCUT2D eigenvalue weighted by atomic mass is 32.1. The van der Waals surface area contributed by atoms with E-state index in [2.05, 4.69) is 19.5 Å². The van der Waals surface area contributed by atoms with Gasteiger partial charge in [0, 0.05) is 17.5 Å². The number of benzene rings is 1. The number of hydrogen-bond donors (Lipinski definition) is 1. The summed E-state index contributed by atoms with van der Waals surface area (Å²) in [5.41, 5.74) is 4.06. The molecule has 0 amide bonds. The number of nitrogens with zero attached hydrogens (tertiary/aromatic N) is 3. The molecule has 0 aliphatic heterocycles. The van der Waals surface area contributed by atoms with E-state index < -0.39 is 41.4 Å². The molecule has 3 heterocycles. The Hall–Kier alpha value is -3.88. The lowest BCUT2D eigenvalue weighted by Crippen LogP contribution is -2.39. The van der Waals surface area contributed by atoms with Gasteiger partial charge in [0.25, 0.3) is 5.78 Å². The highest BCUT2D eigenvalue weighted by molar-refractivity contribution is 7.21. The molecule has 0 atom stereocenters. The van der Waals surface area contributed by atoms with Crippen LogP contribution in [0, 0.1) is 6.92 Å². The van der Waals surface area contributed by atoms with Gasteiger partial charge in [0.1, 0.15) is 21.2 Å². The van der Waals surface area contributed by atoms with E-state index in [1.54, 1.807) is 0 Å². The second-order valence-corrected chi connectivity index (χ2v) is 7.84. The number of aromatic nitrogens is 3. The monoisotopic (exact) mass is 504 g/mol. The third kappa shape index (κ3) is 4.21. The number of carbonyl (C=O) groups is 1. The Morgan fingerprint density at radius 1 is 1.18 bits per heavy atom. The molecule has 0 radical (unpaired) electrons. The van der Waals surface area contributed by atoms with E-state index in [9.17, 15) is 36.2 Å². The van der Waals surface area contributed by atoms with Gasteiger partial charge >= 0.3 is 18.2 Å². The van der Waals surface area contributed by atoms with E-state index in [0.717, 1.165) is 35.0 Å². The molecule has 0 aliphatic carbocycles. The number of carbonyl (C=O) groups excluding carboxylic acids is 1. The van der Waals surface area contributed by atoms with Crippen molar-refractivity contribution in [3.63, 3.8) is 0 Å². The normalized spacial score (nSPS) is 12.3. The van der Waals surface area contributed by atoms with Gasteiger partial charge in [0.15, 0.2) is 5.95 Å². The first-order valence-corrected chi connectivity index (χ1v) is 9.84. The fraction of sp³-hybridized carbons (Fsp3) is 0.158. The summed E-state index contributed by atoms with van der Waals surface area (Å²) in [6.07, 6.45) is -9.66. The molecular weight excluding hydrogens is 494 g/mol. The first kappa shape index (κ1) is 23.3. The van der Waals surface area contributed by atoms with Crippen molar-refractivity contribution in [1.29, 1.82) is 0 Å². The average molecular weight is 504 g/mol. The summed E-state index contributed by atoms with van der Waals surface area (Å²) in [4.78, 5) is 16.2. The van der Waals surface area contributed by atoms with Gasteiger partial charge in [-0.25, -0.2) is 4.98 Å². The number of halogens is 6. The van der Waals surface area contributed by atoms with Crippen molar-refractivity contribution in [3.8, 4) is 17.4 Å². The molecule has 1 aromatic carbocycles. The SMILES string of the molecule is Cc1cc(C(F)(F)F)nc2sc(C(=O)c3c([O-])on[n+]3-c3ccc(OC(F)(F)F)cc3)c(N)c12. The summed E-state index contributed by atoms with van der Waals surface area (Å²) in [5.74, 6) is -2.78. The first-order valence-electron chi connectivity index (χ1n) is 9.03. The van der Waals surface area contributed by atoms with E-state index in [1.165, 1.54) is 6.92 Å². The summed E-state index contributed by atoms with van der Waals surface area (Å²) in [7, 11) is 0. The van der Waals surface area contributed by atoms with Crippen molar-refractivity contribution < 1.29 is 50.2 Å². The molecule has 15 heteroatoms. The summed E-state index contributed by atoms with van der Waals surface area (Å²) >= 11 is 0.544. The molecule has 0 bridgehead atoms. The second-order valence-electron chi connectivity index (χ2n) is 6.84. The van der Waals surface area contributed by atoms with E-state index in [4.69, 9.17) is 5.73 Å². The van der Waals surface area contributed by atoms with Gasteiger partial charge in [-0.05, 0) is 35.4 Å². The molecule has 0 aliphatic rings. The molecule has 8 nitrogen and oxygen atoms in total. The molecule has 0 unspecified atom stereocenters. The van der Waals surface area contributed by atoms with Crippen molar-refractivity contribution >= 4 is 33.0 Å². The average Bonchev–Trinajstić information content (AvgIpc) is 3.26. The van der Waals surface area contributed by atoms with Gasteiger partial charge in [-0.2, -0.15) is 13.2 Å². The fourth-order valence-electron chi connectivity index (χ4n) is 3.13. The van der Waals surface area contributed by atoms with Crippen molar-refractivity contribution in [1.82, 2.24) is 10.3 Å². The van der Waals surface area contributed by atoms with E-state index in [-0.39, 0.29) is 32.0 Å². The largest absolute Gasteiger partial charge is 0.573 e. The zero-order chi connectivity index (χ0) is 25.0. The molecule has 0 spiro atoms. The van der Waals surface area contributed by atoms with Crippen molar-refractivity contribution in [3.05, 3.63) is 52.2 Å². The fourth-order valence-corrected chi connectivity index (χ4v) is 4.25. The van der Waals surface area contributed by atoms with E-state index in [0.29, 0.717) is 11.3 Å². The van der Waals surface area contributed by atoms with Gasteiger partial charge in [-0.15, -0.1) is 24.5 Å². The van der Waals surface area contributed by atoms with Crippen LogP contribution in [0.4, 0.5) is 32.0 Å². The predicted molar refractivity (Wildman–Crippen MR) is 101 cm³/mol. The third-order valence-corrected chi connectivity index (χ3v) is 5.63. The number of aryl methyl sites for hydroxylation is 1. The summed E-state index contributed by atoms with van der Waals surface area (Å²) in [5, 5.41) is 15.8. The quantitative estimate of drug-likeness (QED) is 0.256. The minimum atomic E-state index is -4.93. The van der Waals surface area contributed by atoms with Crippen LogP contribution in [0.25, 0.3) is 15.9 Å². The zero-order valence-corrected chi connectivity index (χ0v) is 17.4. The van der Waals surface area contributed by atoms with Crippen LogP contribution < -0.4 is 20.3 Å². The van der Waals surface area contributed by atoms with Crippen molar-refractivity contribution in [2.45, 2.75) is 19.5 Å². The Morgan fingerprint density at radius 2 is 1.82 bits per heavy atom. The summed E-state index contributed by atoms with van der Waals surface area (Å²) < 4.78 is 85.4. The number of pyridine rings is 1. The topological polar surface area (TPSA) is 118 Å². The molecule has 2 N–H and O–H groups in total. The number of rotatable bonds is 4. The summed E-state index contributed by atoms with van der Waals surface area (Å²) in [6.45, 7) is 1.36. The number of thiophene rings is 1. The van der Waals surface area contributed by atoms with Crippen LogP contribution in [0.1, 0.15) is 26.6 Å². The number of hydrogen-bond acceptors (Lipinski definition) is 8. The lowest BCUT2D eigenvalue weighted by atomic mass is 10.1. The number of ether oxygens (including phenoxy) is 1. The maximum absolute atomic E-state index is 13.1. The Kier molecular flexibility index (Phi) is 5.38. The van der Waals surface area contributed by atoms with Crippen LogP contribution in [0.3, 0.4) is 0 Å². The maximum atomic E-state index is 13.1. The van der Waals surface area contributed by atoms with Gasteiger partial charge in [0.05, 0.1) is 11.0 Å². The van der Waals surface area contributed by atoms with Gasteiger partial charge in [0.2, 0.25) is 5.69 Å². The number of alkyl halides is 6. The number of ketones is 1. The second kappa shape index (κ2) is 7.86. The molecule has 178 valence electrons. The Morgan fingerprint density at radius 3 is 2.41 bits per heavy atom. The predicted octanol–water partition coefficient (Wildman–Crippen LogP) is 3.67. The van der Waals surface area contributed by atoms with Gasteiger partial charge < -0.3 is 20.1 Å². The number of nitrogen functional groups attached to an aromatic ring is 1. The van der Waals surface area contributed by atoms with Crippen LogP contribution in [0.5, 0.6) is 11.7 Å². The van der Waals surface area contributed by atoms with Crippen LogP contribution in [-0.4, -0.2) is 22.4 Å². The Labute approximate surface area is 188 Å². The van der Waals surface area contributed by atoms with Crippen molar-refractivity contribution in [2.24, 2.45) is 0 Å². The molecular formula is C19H10F6N4O4S. The Balaban J connectivity index is 1.77. The van der Waals surface area contributed by atoms with Gasteiger partial charge in [-0.1, -0.05) is 0 Å². The molecule has 3 aromatic heterocycles. The molecule has 0 saturated heterocycles. The first-order chi connectivity index (χ1) is 15.8. The van der Waals surface area contributed by atoms with E-state index in [1.807, 2.05) is 0 Å². The molecule has 34 heavy (non-hydrogen) atoms. The highest BCUT2D eigenvalue weighted by Crippen LogP contribution is 2.39. The molecule has 0 saturated carbocycles. The van der Waals surface area contributed by atoms with E-state index >= 15 is 0 Å². The van der Waals surface area contributed by atoms with Gasteiger partial charge in [-0.3, -0.25) is 4.79 Å². The molecule has 4 rings (SSSR count). The standard InChI is InChI=1S/C19H10F6N4O4S/c1-7-6-10(18(20,21)22)27-16-11(7)12(26)15(34-16)14(30)13-17(31)33-28-29(13)8-2-4-9(5-3-8)32-19(23,24)25/h2-6H,1H3,(H2-,26,28,30,31). The van der Waals surface area contributed by atoms with Crippen LogP contribution in [0.15, 0.2) is 34.9 Å². The minimum absolute atomic E-state index is 0.0305. The maximum Gasteiger partial charge on any atom is 0.573 e. The number of nitrogens with two attached hydrogens (primary N) is 1. The number of anilines is 1. The lowest BCUT2D eigenvalue weighted by molar-refractivity contribution is -0.672. The number of fused-ring (bicyclic) bond motifs is 1. The summed E-state index contributed by atoms with van der Waals surface area (Å²) in [6, 6.07) is 4.78. The molecule has 4 aromatic rings. The lowest BCUT2D eigenvalue weighted by Gasteiger charge is -2.07. The van der Waals surface area contributed by atoms with Crippen molar-refractivity contribution in [2.75, 3.05) is 5.73 Å². The smallest absolute Gasteiger partial charge is 0.539 e. The van der Waals surface area contributed by atoms with Crippen LogP contribution in [-0.2, 0) is 6.18 Å². The minimum Gasteiger partial charge on any atom is -0.539 e. The molecule has 0 fully saturated rings. The Bertz CT molecular complexity index is 1410.